The first-order valence-electron chi connectivity index (χ1n) is 13.7. The average Bonchev–Trinajstić information content (AvgIpc) is 3.26. The van der Waals surface area contributed by atoms with Gasteiger partial charge in [-0.25, -0.2) is 4.99 Å². The Kier molecular flexibility index (Phi) is 7.25. The normalized spacial score (nSPS) is 30.2. The Balaban J connectivity index is 1.55. The summed E-state index contributed by atoms with van der Waals surface area (Å²) in [4.78, 5) is 9.14. The first-order valence-corrected chi connectivity index (χ1v) is 17.6. The number of hydrogen-bond acceptors (Lipinski definition) is 8. The van der Waals surface area contributed by atoms with Gasteiger partial charge in [0, 0.05) is 6.20 Å². The van der Waals surface area contributed by atoms with Gasteiger partial charge in [0.05, 0.1) is 12.3 Å². The smallest absolute Gasteiger partial charge is 0.335 e. The van der Waals surface area contributed by atoms with Crippen LogP contribution in [0.25, 0.3) is 0 Å². The van der Waals surface area contributed by atoms with E-state index in [1.165, 1.54) is 0 Å². The maximum Gasteiger partial charge on any atom is 0.335 e. The molecule has 1 aromatic heterocycles. The van der Waals surface area contributed by atoms with E-state index in [0.29, 0.717) is 5.49 Å². The summed E-state index contributed by atoms with van der Waals surface area (Å²) in [5.74, 6) is -1.78. The van der Waals surface area contributed by atoms with Crippen LogP contribution in [0.2, 0.25) is 22.2 Å². The number of benzene rings is 1. The molecule has 1 N–H and O–H groups in total. The van der Waals surface area contributed by atoms with Crippen molar-refractivity contribution in [2.75, 3.05) is 6.61 Å². The molecule has 2 aromatic rings. The number of rotatable bonds is 5. The Labute approximate surface area is 227 Å². The molecular weight excluding hydrogens is 518 g/mol. The van der Waals surface area contributed by atoms with Crippen molar-refractivity contribution in [1.29, 1.82) is 0 Å². The third-order valence-corrected chi connectivity index (χ3v) is 18.3. The fourth-order valence-corrected chi connectivity index (χ4v) is 17.2. The van der Waals surface area contributed by atoms with Crippen molar-refractivity contribution in [2.24, 2.45) is 4.99 Å². The molecule has 3 aliphatic heterocycles. The predicted octanol–water partition coefficient (Wildman–Crippen LogP) is 5.05. The highest BCUT2D eigenvalue weighted by Crippen LogP contribution is 2.53. The van der Waals surface area contributed by atoms with Crippen LogP contribution < -0.4 is 10.2 Å². The second-order valence-electron chi connectivity index (χ2n) is 11.8. The first-order chi connectivity index (χ1) is 17.9. The van der Waals surface area contributed by atoms with Gasteiger partial charge in [-0.2, -0.15) is 4.98 Å². The number of aliphatic hydroxyl groups is 1. The Morgan fingerprint density at radius 2 is 1.58 bits per heavy atom. The molecule has 4 heterocycles. The number of hydrogen-bond donors (Lipinski definition) is 1. The lowest BCUT2D eigenvalue weighted by Gasteiger charge is -2.51. The third kappa shape index (κ3) is 4.32. The Morgan fingerprint density at radius 1 is 0.947 bits per heavy atom. The summed E-state index contributed by atoms with van der Waals surface area (Å²) in [7, 11) is -5.69. The van der Waals surface area contributed by atoms with E-state index in [4.69, 9.17) is 22.4 Å². The van der Waals surface area contributed by atoms with Crippen molar-refractivity contribution in [1.82, 2.24) is 9.55 Å². The molecule has 4 atom stereocenters. The SMILES string of the molecule is CC(C)[Si]1(C(C)C)OC[C@H]2O[C@H]3n4ccc(=Nc5ccccc5)nc4O[C@]3(O)C2O[Si](C(C)C)(C(C)C)O1. The molecule has 38 heavy (non-hydrogen) atoms. The second-order valence-corrected chi connectivity index (χ2v) is 20.7. The zero-order chi connectivity index (χ0) is 27.5. The van der Waals surface area contributed by atoms with Crippen LogP contribution in [0.1, 0.15) is 61.6 Å². The van der Waals surface area contributed by atoms with Crippen molar-refractivity contribution >= 4 is 22.8 Å². The summed E-state index contributed by atoms with van der Waals surface area (Å²) in [5.41, 5.74) is 1.93. The number of para-hydroxylation sites is 1. The monoisotopic (exact) mass is 559 g/mol. The summed E-state index contributed by atoms with van der Waals surface area (Å²) in [6, 6.07) is 11.6. The van der Waals surface area contributed by atoms with Crippen molar-refractivity contribution in [3.63, 3.8) is 0 Å². The van der Waals surface area contributed by atoms with Crippen molar-refractivity contribution in [3.8, 4) is 6.01 Å². The highest BCUT2D eigenvalue weighted by Gasteiger charge is 2.69. The number of ether oxygens (including phenoxy) is 2. The molecule has 5 rings (SSSR count). The van der Waals surface area contributed by atoms with Crippen molar-refractivity contribution in [3.05, 3.63) is 48.1 Å². The quantitative estimate of drug-likeness (QED) is 0.512. The molecule has 11 heteroatoms. The first kappa shape index (κ1) is 27.7. The number of fused-ring (bicyclic) bond motifs is 5. The molecule has 9 nitrogen and oxygen atoms in total. The van der Waals surface area contributed by atoms with Crippen molar-refractivity contribution < 1.29 is 27.5 Å². The fourth-order valence-electron chi connectivity index (χ4n) is 6.03. The Morgan fingerprint density at radius 3 is 2.18 bits per heavy atom. The summed E-state index contributed by atoms with van der Waals surface area (Å²) in [5, 5.41) is 12.0. The van der Waals surface area contributed by atoms with Crippen LogP contribution in [-0.4, -0.2) is 56.4 Å². The van der Waals surface area contributed by atoms with E-state index in [2.05, 4.69) is 65.4 Å². The van der Waals surface area contributed by atoms with Crippen LogP contribution in [0.5, 0.6) is 6.01 Å². The lowest BCUT2D eigenvalue weighted by Crippen LogP contribution is -2.67. The molecule has 0 amide bonds. The zero-order valence-corrected chi connectivity index (χ0v) is 25.6. The molecule has 2 fully saturated rings. The highest BCUT2D eigenvalue weighted by molar-refractivity contribution is 6.84. The lowest BCUT2D eigenvalue weighted by atomic mass is 10.1. The summed E-state index contributed by atoms with van der Waals surface area (Å²) >= 11 is 0. The van der Waals surface area contributed by atoms with Gasteiger partial charge in [0.2, 0.25) is 6.23 Å². The van der Waals surface area contributed by atoms with Crippen LogP contribution in [0.3, 0.4) is 0 Å². The van der Waals surface area contributed by atoms with Gasteiger partial charge < -0.3 is 27.5 Å². The molecule has 0 spiro atoms. The molecular formula is C27H41N3O6Si2. The maximum atomic E-state index is 12.0. The van der Waals surface area contributed by atoms with Gasteiger partial charge in [-0.05, 0) is 40.4 Å². The van der Waals surface area contributed by atoms with E-state index in [0.717, 1.165) is 5.69 Å². The third-order valence-electron chi connectivity index (χ3n) is 8.05. The fraction of sp³-hybridized carbons (Fsp3) is 0.630. The van der Waals surface area contributed by atoms with Gasteiger partial charge in [-0.15, -0.1) is 0 Å². The van der Waals surface area contributed by atoms with E-state index >= 15 is 0 Å². The van der Waals surface area contributed by atoms with Gasteiger partial charge in [0.15, 0.2) is 5.49 Å². The van der Waals surface area contributed by atoms with E-state index in [1.54, 1.807) is 16.8 Å². The van der Waals surface area contributed by atoms with Crippen molar-refractivity contribution in [2.45, 2.75) is 102 Å². The van der Waals surface area contributed by atoms with Crippen LogP contribution >= 0.6 is 0 Å². The molecule has 1 unspecified atom stereocenters. The minimum Gasteiger partial charge on any atom is -0.424 e. The van der Waals surface area contributed by atoms with Gasteiger partial charge in [0.25, 0.3) is 5.79 Å². The van der Waals surface area contributed by atoms with Crippen LogP contribution in [0, 0.1) is 0 Å². The Bertz CT molecular complexity index is 1200. The molecule has 2 saturated heterocycles. The number of nitrogens with zero attached hydrogens (tertiary/aromatic N) is 3. The van der Waals surface area contributed by atoms with E-state index < -0.39 is 41.3 Å². The minimum atomic E-state index is -2.97. The molecule has 0 saturated carbocycles. The molecule has 0 bridgehead atoms. The lowest BCUT2D eigenvalue weighted by molar-refractivity contribution is -0.203. The zero-order valence-electron chi connectivity index (χ0n) is 23.6. The Hall–Kier alpha value is -1.87. The van der Waals surface area contributed by atoms with E-state index in [9.17, 15) is 5.11 Å². The van der Waals surface area contributed by atoms with E-state index in [1.807, 2.05) is 30.3 Å². The second kappa shape index (κ2) is 9.95. The van der Waals surface area contributed by atoms with Gasteiger partial charge in [0.1, 0.15) is 12.2 Å². The van der Waals surface area contributed by atoms with Gasteiger partial charge >= 0.3 is 23.1 Å². The summed E-state index contributed by atoms with van der Waals surface area (Å²) in [6.07, 6.45) is -0.351. The van der Waals surface area contributed by atoms with Crippen LogP contribution in [0.4, 0.5) is 5.69 Å². The van der Waals surface area contributed by atoms with Crippen LogP contribution in [-0.2, 0) is 17.7 Å². The summed E-state index contributed by atoms with van der Waals surface area (Å²) < 4.78 is 35.5. The maximum absolute atomic E-state index is 12.0. The largest absolute Gasteiger partial charge is 0.424 e. The van der Waals surface area contributed by atoms with Crippen LogP contribution in [0.15, 0.2) is 47.6 Å². The molecule has 1 aromatic carbocycles. The molecule has 208 valence electrons. The standard InChI is InChI=1S/C27H41N3O6Si2/c1-17(2)37(18(3)4)32-16-22-24(35-38(36-37,19(5)6)20(7)8)27(31)25(33-22)30-15-14-23(29-26(30)34-27)28-21-12-10-9-11-13-21/h9-15,17-20,22,24-25,31H,16H2,1-8H3/t22-,24?,25-,27-/m1/s1. The topological polar surface area (TPSA) is 96.6 Å². The number of aromatic nitrogens is 2. The minimum absolute atomic E-state index is 0.114. The summed E-state index contributed by atoms with van der Waals surface area (Å²) in [6.45, 7) is 17.6. The average molecular weight is 560 g/mol. The van der Waals surface area contributed by atoms with Gasteiger partial charge in [-0.1, -0.05) is 73.6 Å². The van der Waals surface area contributed by atoms with E-state index in [-0.39, 0.29) is 34.8 Å². The predicted molar refractivity (Wildman–Crippen MR) is 147 cm³/mol. The highest BCUT2D eigenvalue weighted by atomic mass is 28.5. The molecule has 0 radical (unpaired) electrons. The van der Waals surface area contributed by atoms with Gasteiger partial charge in [-0.3, -0.25) is 4.57 Å². The molecule has 3 aliphatic rings. The molecule has 0 aliphatic carbocycles.